The van der Waals surface area contributed by atoms with Gasteiger partial charge in [-0.15, -0.1) is 11.3 Å². The number of halogens is 1. The van der Waals surface area contributed by atoms with E-state index in [4.69, 9.17) is 11.6 Å². The molecule has 0 radical (unpaired) electrons. The summed E-state index contributed by atoms with van der Waals surface area (Å²) in [5.74, 6) is 1.29. The molecule has 1 atom stereocenters. The third kappa shape index (κ3) is 4.74. The summed E-state index contributed by atoms with van der Waals surface area (Å²) in [6.07, 6.45) is 1.29. The van der Waals surface area contributed by atoms with Crippen LogP contribution in [-0.4, -0.2) is 42.1 Å². The first-order valence-corrected chi connectivity index (χ1v) is 8.81. The zero-order valence-electron chi connectivity index (χ0n) is 10.8. The fourth-order valence-corrected chi connectivity index (χ4v) is 4.43. The molecular weight excluding hydrogens is 284 g/mol. The maximum Gasteiger partial charge on any atom is 0.0931 e. The Balaban J connectivity index is 1.60. The van der Waals surface area contributed by atoms with Gasteiger partial charge in [-0.3, -0.25) is 0 Å². The molecule has 1 aliphatic rings. The Morgan fingerprint density at radius 3 is 3.11 bits per heavy atom. The summed E-state index contributed by atoms with van der Waals surface area (Å²) in [4.78, 5) is 3.90. The van der Waals surface area contributed by atoms with Crippen molar-refractivity contribution in [3.63, 3.8) is 0 Å². The molecule has 18 heavy (non-hydrogen) atoms. The first-order chi connectivity index (χ1) is 8.78. The Morgan fingerprint density at radius 2 is 2.39 bits per heavy atom. The highest BCUT2D eigenvalue weighted by molar-refractivity contribution is 8.00. The van der Waals surface area contributed by atoms with E-state index in [-0.39, 0.29) is 0 Å². The van der Waals surface area contributed by atoms with Gasteiger partial charge in [0.15, 0.2) is 0 Å². The van der Waals surface area contributed by atoms with Crippen molar-refractivity contribution in [2.75, 3.05) is 31.9 Å². The summed E-state index contributed by atoms with van der Waals surface area (Å²) in [7, 11) is 0. The second-order valence-electron chi connectivity index (χ2n) is 4.58. The number of rotatable bonds is 6. The van der Waals surface area contributed by atoms with E-state index in [0.717, 1.165) is 29.2 Å². The Morgan fingerprint density at radius 1 is 1.50 bits per heavy atom. The van der Waals surface area contributed by atoms with Gasteiger partial charge >= 0.3 is 0 Å². The van der Waals surface area contributed by atoms with Crippen molar-refractivity contribution in [3.8, 4) is 0 Å². The number of nitrogens with one attached hydrogen (secondary N) is 1. The third-order valence-corrected chi connectivity index (χ3v) is 5.81. The second-order valence-corrected chi connectivity index (χ2v) is 7.79. The predicted octanol–water partition coefficient (Wildman–Crippen LogP) is 3.32. The Hall–Kier alpha value is 0.260. The van der Waals surface area contributed by atoms with Crippen molar-refractivity contribution in [3.05, 3.63) is 21.3 Å². The van der Waals surface area contributed by atoms with Crippen LogP contribution in [0.1, 0.15) is 18.2 Å². The highest BCUT2D eigenvalue weighted by Gasteiger charge is 2.17. The van der Waals surface area contributed by atoms with Gasteiger partial charge in [0, 0.05) is 48.6 Å². The topological polar surface area (TPSA) is 15.3 Å². The molecule has 0 aliphatic carbocycles. The number of hydrogen-bond donors (Lipinski definition) is 1. The molecule has 2 heterocycles. The van der Waals surface area contributed by atoms with E-state index in [0.29, 0.717) is 0 Å². The molecule has 1 aromatic heterocycles. The number of hydrogen-bond acceptors (Lipinski definition) is 4. The predicted molar refractivity (Wildman–Crippen MR) is 84.0 cm³/mol. The van der Waals surface area contributed by atoms with Crippen molar-refractivity contribution >= 4 is 34.7 Å². The Labute approximate surface area is 123 Å². The molecule has 102 valence electrons. The Kier molecular flexibility index (Phi) is 6.32. The second kappa shape index (κ2) is 7.75. The van der Waals surface area contributed by atoms with Crippen LogP contribution in [-0.2, 0) is 6.54 Å². The summed E-state index contributed by atoms with van der Waals surface area (Å²) in [5.41, 5.74) is 0. The zero-order valence-corrected chi connectivity index (χ0v) is 13.2. The lowest BCUT2D eigenvalue weighted by Crippen LogP contribution is -2.41. The summed E-state index contributed by atoms with van der Waals surface area (Å²) < 4.78 is 0.880. The van der Waals surface area contributed by atoms with E-state index in [1.807, 2.05) is 6.07 Å². The van der Waals surface area contributed by atoms with Crippen LogP contribution in [0.4, 0.5) is 0 Å². The molecule has 1 fully saturated rings. The molecule has 1 aliphatic heterocycles. The van der Waals surface area contributed by atoms with Gasteiger partial charge in [-0.1, -0.05) is 18.5 Å². The lowest BCUT2D eigenvalue weighted by Gasteiger charge is -2.31. The van der Waals surface area contributed by atoms with Gasteiger partial charge < -0.3 is 10.2 Å². The van der Waals surface area contributed by atoms with Crippen LogP contribution < -0.4 is 5.32 Å². The third-order valence-electron chi connectivity index (χ3n) is 3.21. The van der Waals surface area contributed by atoms with Gasteiger partial charge in [-0.25, -0.2) is 0 Å². The molecule has 0 spiro atoms. The fraction of sp³-hybridized carbons (Fsp3) is 0.692. The van der Waals surface area contributed by atoms with E-state index >= 15 is 0 Å². The van der Waals surface area contributed by atoms with Gasteiger partial charge in [0.1, 0.15) is 0 Å². The molecule has 0 saturated carbocycles. The molecule has 5 heteroatoms. The van der Waals surface area contributed by atoms with Crippen LogP contribution in [0.5, 0.6) is 0 Å². The normalized spacial score (nSPS) is 21.3. The van der Waals surface area contributed by atoms with Crippen LogP contribution in [0, 0.1) is 0 Å². The van der Waals surface area contributed by atoms with Crippen LogP contribution in [0.15, 0.2) is 12.1 Å². The summed E-state index contributed by atoms with van der Waals surface area (Å²) in [6, 6.07) is 4.07. The van der Waals surface area contributed by atoms with Crippen LogP contribution in [0.25, 0.3) is 0 Å². The first kappa shape index (κ1) is 14.7. The van der Waals surface area contributed by atoms with E-state index in [1.54, 1.807) is 11.3 Å². The van der Waals surface area contributed by atoms with Crippen molar-refractivity contribution < 1.29 is 0 Å². The lowest BCUT2D eigenvalue weighted by atomic mass is 10.3. The van der Waals surface area contributed by atoms with Crippen LogP contribution in [0.2, 0.25) is 4.34 Å². The molecule has 1 N–H and O–H groups in total. The molecule has 1 unspecified atom stereocenters. The van der Waals surface area contributed by atoms with Crippen molar-refractivity contribution in [2.24, 2.45) is 0 Å². The molecule has 2 rings (SSSR count). The highest BCUT2D eigenvalue weighted by atomic mass is 35.5. The molecule has 1 aromatic rings. The standard InChI is InChI=1S/C13H21ClN2S2/c1-2-11-10-16(7-8-17-11)6-5-15-9-12-3-4-13(14)18-12/h3-4,11,15H,2,5-10H2,1H3. The summed E-state index contributed by atoms with van der Waals surface area (Å²) in [5, 5.41) is 4.34. The van der Waals surface area contributed by atoms with E-state index in [2.05, 4.69) is 35.0 Å². The Bertz CT molecular complexity index is 357. The summed E-state index contributed by atoms with van der Waals surface area (Å²) >= 11 is 9.70. The zero-order chi connectivity index (χ0) is 12.8. The van der Waals surface area contributed by atoms with E-state index in [9.17, 15) is 0 Å². The molecule has 0 amide bonds. The SMILES string of the molecule is CCC1CN(CCNCc2ccc(Cl)s2)CCS1. The van der Waals surface area contributed by atoms with Crippen molar-refractivity contribution in [2.45, 2.75) is 25.1 Å². The molecule has 1 saturated heterocycles. The van der Waals surface area contributed by atoms with E-state index < -0.39 is 0 Å². The van der Waals surface area contributed by atoms with Gasteiger partial charge in [0.25, 0.3) is 0 Å². The number of nitrogens with zero attached hydrogens (tertiary/aromatic N) is 1. The lowest BCUT2D eigenvalue weighted by molar-refractivity contribution is 0.280. The molecule has 2 nitrogen and oxygen atoms in total. The van der Waals surface area contributed by atoms with E-state index in [1.165, 1.54) is 30.1 Å². The average Bonchev–Trinajstić information content (AvgIpc) is 2.81. The molecule has 0 bridgehead atoms. The monoisotopic (exact) mass is 304 g/mol. The van der Waals surface area contributed by atoms with Crippen LogP contribution in [0.3, 0.4) is 0 Å². The maximum absolute atomic E-state index is 5.91. The molecular formula is C13H21ClN2S2. The average molecular weight is 305 g/mol. The minimum atomic E-state index is 0.842. The largest absolute Gasteiger partial charge is 0.311 e. The first-order valence-electron chi connectivity index (χ1n) is 6.57. The number of thiophene rings is 1. The van der Waals surface area contributed by atoms with Gasteiger partial charge in [-0.05, 0) is 18.6 Å². The van der Waals surface area contributed by atoms with Gasteiger partial charge in [0.2, 0.25) is 0 Å². The molecule has 0 aromatic carbocycles. The van der Waals surface area contributed by atoms with Gasteiger partial charge in [0.05, 0.1) is 4.34 Å². The smallest absolute Gasteiger partial charge is 0.0931 e. The minimum Gasteiger partial charge on any atom is -0.311 e. The van der Waals surface area contributed by atoms with Crippen molar-refractivity contribution in [1.82, 2.24) is 10.2 Å². The summed E-state index contributed by atoms with van der Waals surface area (Å²) in [6.45, 7) is 7.96. The quantitative estimate of drug-likeness (QED) is 0.812. The van der Waals surface area contributed by atoms with Gasteiger partial charge in [-0.2, -0.15) is 11.8 Å². The van der Waals surface area contributed by atoms with Crippen molar-refractivity contribution in [1.29, 1.82) is 0 Å². The highest BCUT2D eigenvalue weighted by Crippen LogP contribution is 2.21. The minimum absolute atomic E-state index is 0.842. The van der Waals surface area contributed by atoms with Crippen LogP contribution >= 0.6 is 34.7 Å². The fourth-order valence-electron chi connectivity index (χ4n) is 2.13. The maximum atomic E-state index is 5.91. The number of thioether (sulfide) groups is 1.